The van der Waals surface area contributed by atoms with Gasteiger partial charge in [-0.05, 0) is 43.0 Å². The van der Waals surface area contributed by atoms with E-state index >= 15 is 0 Å². The van der Waals surface area contributed by atoms with Crippen LogP contribution in [0.2, 0.25) is 0 Å². The lowest BCUT2D eigenvalue weighted by atomic mass is 9.95. The Morgan fingerprint density at radius 3 is 2.53 bits per heavy atom. The first-order chi connectivity index (χ1) is 15.5. The summed E-state index contributed by atoms with van der Waals surface area (Å²) >= 11 is 3.42. The lowest BCUT2D eigenvalue weighted by molar-refractivity contribution is -0.141. The van der Waals surface area contributed by atoms with Crippen molar-refractivity contribution in [3.05, 3.63) is 81.5 Å². The van der Waals surface area contributed by atoms with Crippen molar-refractivity contribution in [3.8, 4) is 6.07 Å². The van der Waals surface area contributed by atoms with Crippen LogP contribution in [-0.4, -0.2) is 23.4 Å². The number of ether oxygens (including phenoxy) is 1. The molecule has 32 heavy (non-hydrogen) atoms. The number of rotatable bonds is 9. The highest BCUT2D eigenvalue weighted by Crippen LogP contribution is 2.32. The SMILES string of the molecule is CC1=C(C(=O)OCc2ccccc2)C(c2ccc(Br)cc2)NC(=O)N1CCCCCC#N. The van der Waals surface area contributed by atoms with E-state index in [9.17, 15) is 9.59 Å². The third kappa shape index (κ3) is 5.98. The molecule has 1 atom stereocenters. The number of urea groups is 1. The Morgan fingerprint density at radius 2 is 1.84 bits per heavy atom. The van der Waals surface area contributed by atoms with E-state index in [2.05, 4.69) is 27.3 Å². The molecule has 2 aromatic carbocycles. The number of halogens is 1. The number of carbonyl (C=O) groups is 2. The number of unbranched alkanes of at least 4 members (excludes halogenated alkanes) is 3. The van der Waals surface area contributed by atoms with Crippen LogP contribution in [0.15, 0.2) is 70.3 Å². The molecule has 7 heteroatoms. The zero-order valence-corrected chi connectivity index (χ0v) is 19.6. The van der Waals surface area contributed by atoms with Gasteiger partial charge in [-0.2, -0.15) is 5.26 Å². The summed E-state index contributed by atoms with van der Waals surface area (Å²) in [6.45, 7) is 2.43. The van der Waals surface area contributed by atoms with E-state index in [1.807, 2.05) is 54.6 Å². The third-order valence-electron chi connectivity index (χ3n) is 5.40. The van der Waals surface area contributed by atoms with Crippen LogP contribution in [0, 0.1) is 11.3 Å². The summed E-state index contributed by atoms with van der Waals surface area (Å²) in [4.78, 5) is 27.7. The lowest BCUT2D eigenvalue weighted by Crippen LogP contribution is -2.48. The van der Waals surface area contributed by atoms with Gasteiger partial charge in [-0.15, -0.1) is 0 Å². The Labute approximate surface area is 197 Å². The molecule has 3 rings (SSSR count). The van der Waals surface area contributed by atoms with Crippen molar-refractivity contribution in [1.82, 2.24) is 10.2 Å². The van der Waals surface area contributed by atoms with Crippen LogP contribution < -0.4 is 5.32 Å². The van der Waals surface area contributed by atoms with E-state index in [0.717, 1.165) is 34.9 Å². The van der Waals surface area contributed by atoms with Crippen LogP contribution in [0.25, 0.3) is 0 Å². The molecule has 0 saturated heterocycles. The summed E-state index contributed by atoms with van der Waals surface area (Å²) in [6.07, 6.45) is 2.89. The van der Waals surface area contributed by atoms with Gasteiger partial charge in [-0.3, -0.25) is 4.90 Å². The molecule has 0 bridgehead atoms. The molecule has 2 aromatic rings. The second-order valence-electron chi connectivity index (χ2n) is 7.62. The number of nitriles is 1. The average Bonchev–Trinajstić information content (AvgIpc) is 2.80. The maximum absolute atomic E-state index is 13.2. The van der Waals surface area contributed by atoms with Gasteiger partial charge in [0.05, 0.1) is 17.7 Å². The van der Waals surface area contributed by atoms with Gasteiger partial charge in [0.15, 0.2) is 0 Å². The zero-order valence-electron chi connectivity index (χ0n) is 18.0. The lowest BCUT2D eigenvalue weighted by Gasteiger charge is -2.35. The molecule has 1 heterocycles. The number of amides is 2. The molecule has 166 valence electrons. The first-order valence-corrected chi connectivity index (χ1v) is 11.4. The largest absolute Gasteiger partial charge is 0.457 e. The highest BCUT2D eigenvalue weighted by molar-refractivity contribution is 9.10. The molecular weight excluding hydrogens is 470 g/mol. The Morgan fingerprint density at radius 1 is 1.12 bits per heavy atom. The number of allylic oxidation sites excluding steroid dienone is 1. The number of nitrogens with zero attached hydrogens (tertiary/aromatic N) is 2. The highest BCUT2D eigenvalue weighted by Gasteiger charge is 2.36. The maximum Gasteiger partial charge on any atom is 0.338 e. The smallest absolute Gasteiger partial charge is 0.338 e. The molecule has 2 amide bonds. The van der Waals surface area contributed by atoms with Crippen LogP contribution in [0.3, 0.4) is 0 Å². The average molecular weight is 496 g/mol. The molecule has 0 radical (unpaired) electrons. The van der Waals surface area contributed by atoms with E-state index < -0.39 is 12.0 Å². The number of benzene rings is 2. The topological polar surface area (TPSA) is 82.4 Å². The van der Waals surface area contributed by atoms with Gasteiger partial charge in [-0.25, -0.2) is 9.59 Å². The molecule has 0 spiro atoms. The standard InChI is InChI=1S/C25H26BrN3O3/c1-18-22(24(30)32-17-19-9-5-4-6-10-19)23(20-11-13-21(26)14-12-20)28-25(31)29(18)16-8-3-2-7-15-27/h4-6,9-14,23H,2-3,7-8,16-17H2,1H3,(H,28,31). The summed E-state index contributed by atoms with van der Waals surface area (Å²) < 4.78 is 6.55. The predicted octanol–water partition coefficient (Wildman–Crippen LogP) is 5.62. The second-order valence-corrected chi connectivity index (χ2v) is 8.53. The molecule has 0 aliphatic carbocycles. The van der Waals surface area contributed by atoms with Crippen molar-refractivity contribution >= 4 is 27.9 Å². The van der Waals surface area contributed by atoms with Crippen molar-refractivity contribution in [2.75, 3.05) is 6.54 Å². The molecule has 0 saturated carbocycles. The number of carbonyl (C=O) groups excluding carboxylic acids is 2. The van der Waals surface area contributed by atoms with Gasteiger partial charge in [0.25, 0.3) is 0 Å². The van der Waals surface area contributed by atoms with Gasteiger partial charge in [0, 0.05) is 23.1 Å². The molecule has 1 aliphatic heterocycles. The third-order valence-corrected chi connectivity index (χ3v) is 5.93. The van der Waals surface area contributed by atoms with Crippen molar-refractivity contribution in [2.24, 2.45) is 0 Å². The fourth-order valence-corrected chi connectivity index (χ4v) is 3.94. The van der Waals surface area contributed by atoms with Crippen molar-refractivity contribution in [2.45, 2.75) is 45.3 Å². The number of nitrogens with one attached hydrogen (secondary N) is 1. The van der Waals surface area contributed by atoms with Crippen LogP contribution in [0.4, 0.5) is 4.79 Å². The normalized spacial score (nSPS) is 15.8. The van der Waals surface area contributed by atoms with Crippen molar-refractivity contribution in [3.63, 3.8) is 0 Å². The Hall–Kier alpha value is -3.11. The zero-order chi connectivity index (χ0) is 22.9. The molecule has 0 fully saturated rings. The monoisotopic (exact) mass is 495 g/mol. The van der Waals surface area contributed by atoms with E-state index in [1.54, 1.807) is 11.8 Å². The maximum atomic E-state index is 13.2. The summed E-state index contributed by atoms with van der Waals surface area (Å²) in [5.41, 5.74) is 2.73. The fourth-order valence-electron chi connectivity index (χ4n) is 3.67. The van der Waals surface area contributed by atoms with Crippen molar-refractivity contribution in [1.29, 1.82) is 5.26 Å². The summed E-state index contributed by atoms with van der Waals surface area (Å²) in [6, 6.07) is 18.3. The molecule has 1 N–H and O–H groups in total. The minimum absolute atomic E-state index is 0.158. The van der Waals surface area contributed by atoms with Gasteiger partial charge in [0.2, 0.25) is 0 Å². The summed E-state index contributed by atoms with van der Waals surface area (Å²) in [5.74, 6) is -0.450. The van der Waals surface area contributed by atoms with Crippen LogP contribution in [-0.2, 0) is 16.1 Å². The molecule has 1 unspecified atom stereocenters. The number of esters is 1. The molecule has 0 aromatic heterocycles. The van der Waals surface area contributed by atoms with Crippen LogP contribution in [0.5, 0.6) is 0 Å². The summed E-state index contributed by atoms with van der Waals surface area (Å²) in [5, 5.41) is 11.7. The molecule has 6 nitrogen and oxygen atoms in total. The minimum atomic E-state index is -0.589. The second kappa shape index (κ2) is 11.5. The van der Waals surface area contributed by atoms with Gasteiger partial charge in [0.1, 0.15) is 6.61 Å². The Balaban J connectivity index is 1.84. The molecular formula is C25H26BrN3O3. The highest BCUT2D eigenvalue weighted by atomic mass is 79.9. The number of hydrogen-bond donors (Lipinski definition) is 1. The van der Waals surface area contributed by atoms with Gasteiger partial charge >= 0.3 is 12.0 Å². The number of hydrogen-bond acceptors (Lipinski definition) is 4. The van der Waals surface area contributed by atoms with E-state index in [-0.39, 0.29) is 12.6 Å². The van der Waals surface area contributed by atoms with Crippen LogP contribution in [0.1, 0.15) is 49.8 Å². The quantitative estimate of drug-likeness (QED) is 0.361. The Bertz CT molecular complexity index is 1010. The molecule has 1 aliphatic rings. The van der Waals surface area contributed by atoms with Gasteiger partial charge < -0.3 is 10.1 Å². The fraction of sp³-hybridized carbons (Fsp3) is 0.320. The minimum Gasteiger partial charge on any atom is -0.457 e. The first-order valence-electron chi connectivity index (χ1n) is 10.6. The first kappa shape index (κ1) is 23.6. The Kier molecular flexibility index (Phi) is 8.46. The van der Waals surface area contributed by atoms with E-state index in [4.69, 9.17) is 10.00 Å². The van der Waals surface area contributed by atoms with E-state index in [0.29, 0.717) is 24.2 Å². The van der Waals surface area contributed by atoms with E-state index in [1.165, 1.54) is 0 Å². The van der Waals surface area contributed by atoms with Crippen molar-refractivity contribution < 1.29 is 14.3 Å². The van der Waals surface area contributed by atoms with Crippen LogP contribution >= 0.6 is 15.9 Å². The summed E-state index contributed by atoms with van der Waals surface area (Å²) in [7, 11) is 0. The predicted molar refractivity (Wildman–Crippen MR) is 125 cm³/mol. The van der Waals surface area contributed by atoms with Gasteiger partial charge in [-0.1, -0.05) is 64.8 Å².